The normalized spacial score (nSPS) is 19.5. The molecule has 0 aliphatic carbocycles. The highest BCUT2D eigenvalue weighted by Crippen LogP contribution is 2.45. The molecule has 0 N–H and O–H groups in total. The standard InChI is InChI=1S/C28H29FN2O2S/c29-23-12-10-22(11-13-23)19-33-26-9-5-4-8-25(26)28-31(27(32)20-34-28)24-14-16-30(17-15-24)18-21-6-2-1-3-7-21/h1-13,24,28H,14-20H2. The molecule has 1 atom stereocenters. The molecule has 3 aromatic rings. The van der Waals surface area contributed by atoms with Gasteiger partial charge in [-0.05, 0) is 42.2 Å². The minimum absolute atomic E-state index is 0.0393. The summed E-state index contributed by atoms with van der Waals surface area (Å²) in [5.41, 5.74) is 3.28. The number of benzene rings is 3. The number of likely N-dealkylation sites (tertiary alicyclic amines) is 1. The number of amides is 1. The fraction of sp³-hybridized carbons (Fsp3) is 0.321. The van der Waals surface area contributed by atoms with Gasteiger partial charge in [0.25, 0.3) is 0 Å². The SMILES string of the molecule is O=C1CSC(c2ccccc2OCc2ccc(F)cc2)N1C1CCN(Cc2ccccc2)CC1. The third-order valence-electron chi connectivity index (χ3n) is 6.60. The van der Waals surface area contributed by atoms with Crippen LogP contribution in [0.3, 0.4) is 0 Å². The van der Waals surface area contributed by atoms with Gasteiger partial charge in [0.15, 0.2) is 0 Å². The molecule has 0 spiro atoms. The van der Waals surface area contributed by atoms with Gasteiger partial charge in [0.1, 0.15) is 23.5 Å². The number of thioether (sulfide) groups is 1. The largest absolute Gasteiger partial charge is 0.489 e. The van der Waals surface area contributed by atoms with Crippen molar-refractivity contribution in [3.05, 3.63) is 101 Å². The maximum Gasteiger partial charge on any atom is 0.234 e. The van der Waals surface area contributed by atoms with Crippen LogP contribution in [0, 0.1) is 5.82 Å². The summed E-state index contributed by atoms with van der Waals surface area (Å²) in [5, 5.41) is -0.0393. The summed E-state index contributed by atoms with van der Waals surface area (Å²) in [5.74, 6) is 1.24. The molecule has 2 aliphatic rings. The second-order valence-corrected chi connectivity index (χ2v) is 9.98. The van der Waals surface area contributed by atoms with Crippen molar-refractivity contribution in [2.75, 3.05) is 18.8 Å². The highest BCUT2D eigenvalue weighted by Gasteiger charge is 2.40. The van der Waals surface area contributed by atoms with Crippen LogP contribution < -0.4 is 4.74 Å². The molecule has 2 fully saturated rings. The number of para-hydroxylation sites is 1. The molecule has 0 bridgehead atoms. The lowest BCUT2D eigenvalue weighted by atomic mass is 10.0. The number of rotatable bonds is 7. The minimum atomic E-state index is -0.254. The van der Waals surface area contributed by atoms with E-state index in [9.17, 15) is 9.18 Å². The smallest absolute Gasteiger partial charge is 0.234 e. The van der Waals surface area contributed by atoms with E-state index in [4.69, 9.17) is 4.74 Å². The third-order valence-corrected chi connectivity index (χ3v) is 7.81. The summed E-state index contributed by atoms with van der Waals surface area (Å²) in [7, 11) is 0. The lowest BCUT2D eigenvalue weighted by Gasteiger charge is -2.39. The van der Waals surface area contributed by atoms with Crippen molar-refractivity contribution < 1.29 is 13.9 Å². The molecule has 4 nitrogen and oxygen atoms in total. The van der Waals surface area contributed by atoms with Crippen LogP contribution in [0.15, 0.2) is 78.9 Å². The van der Waals surface area contributed by atoms with E-state index in [1.807, 2.05) is 24.3 Å². The van der Waals surface area contributed by atoms with E-state index in [2.05, 4.69) is 40.1 Å². The highest BCUT2D eigenvalue weighted by atomic mass is 32.2. The first-order valence-corrected chi connectivity index (χ1v) is 12.9. The summed E-state index contributed by atoms with van der Waals surface area (Å²) < 4.78 is 19.4. The average Bonchev–Trinajstić information content (AvgIpc) is 3.26. The molecular weight excluding hydrogens is 447 g/mol. The van der Waals surface area contributed by atoms with Gasteiger partial charge < -0.3 is 9.64 Å². The Balaban J connectivity index is 1.26. The Labute approximate surface area is 204 Å². The zero-order valence-electron chi connectivity index (χ0n) is 19.1. The van der Waals surface area contributed by atoms with Gasteiger partial charge in [-0.25, -0.2) is 4.39 Å². The molecule has 2 saturated heterocycles. The van der Waals surface area contributed by atoms with E-state index in [-0.39, 0.29) is 23.1 Å². The number of piperidine rings is 1. The molecular formula is C28H29FN2O2S. The van der Waals surface area contributed by atoms with Gasteiger partial charge in [0, 0.05) is 31.2 Å². The molecule has 5 rings (SSSR count). The number of hydrogen-bond donors (Lipinski definition) is 0. The van der Waals surface area contributed by atoms with Gasteiger partial charge in [0.2, 0.25) is 5.91 Å². The summed E-state index contributed by atoms with van der Waals surface area (Å²) in [6, 6.07) is 25.2. The summed E-state index contributed by atoms with van der Waals surface area (Å²) in [6.45, 7) is 3.30. The predicted octanol–water partition coefficient (Wildman–Crippen LogP) is 5.64. The Hall–Kier alpha value is -2.83. The molecule has 34 heavy (non-hydrogen) atoms. The topological polar surface area (TPSA) is 32.8 Å². The summed E-state index contributed by atoms with van der Waals surface area (Å²) >= 11 is 1.68. The zero-order chi connectivity index (χ0) is 23.3. The van der Waals surface area contributed by atoms with E-state index in [0.717, 1.165) is 49.4 Å². The number of nitrogens with zero attached hydrogens (tertiary/aromatic N) is 2. The van der Waals surface area contributed by atoms with Gasteiger partial charge in [-0.2, -0.15) is 0 Å². The molecule has 6 heteroatoms. The first-order valence-electron chi connectivity index (χ1n) is 11.8. The fourth-order valence-electron chi connectivity index (χ4n) is 4.83. The van der Waals surface area contributed by atoms with Crippen molar-refractivity contribution in [3.63, 3.8) is 0 Å². The van der Waals surface area contributed by atoms with E-state index in [1.54, 1.807) is 23.9 Å². The minimum Gasteiger partial charge on any atom is -0.489 e. The van der Waals surface area contributed by atoms with Crippen molar-refractivity contribution in [2.24, 2.45) is 0 Å². The Morgan fingerprint density at radius 3 is 2.35 bits per heavy atom. The number of halogens is 1. The van der Waals surface area contributed by atoms with Crippen LogP contribution in [-0.2, 0) is 17.9 Å². The fourth-order valence-corrected chi connectivity index (χ4v) is 6.10. The molecule has 176 valence electrons. The van der Waals surface area contributed by atoms with E-state index < -0.39 is 0 Å². The number of carbonyl (C=O) groups excluding carboxylic acids is 1. The molecule has 0 saturated carbocycles. The quantitative estimate of drug-likeness (QED) is 0.442. The van der Waals surface area contributed by atoms with Crippen LogP contribution in [-0.4, -0.2) is 40.6 Å². The Morgan fingerprint density at radius 2 is 1.59 bits per heavy atom. The number of ether oxygens (including phenoxy) is 1. The first-order chi connectivity index (χ1) is 16.7. The van der Waals surface area contributed by atoms with Crippen molar-refractivity contribution in [3.8, 4) is 5.75 Å². The van der Waals surface area contributed by atoms with Gasteiger partial charge in [-0.1, -0.05) is 60.7 Å². The highest BCUT2D eigenvalue weighted by molar-refractivity contribution is 8.00. The Morgan fingerprint density at radius 1 is 0.882 bits per heavy atom. The maximum absolute atomic E-state index is 13.2. The van der Waals surface area contributed by atoms with Crippen LogP contribution in [0.25, 0.3) is 0 Å². The maximum atomic E-state index is 13.2. The second-order valence-electron chi connectivity index (χ2n) is 8.91. The predicted molar refractivity (Wildman–Crippen MR) is 134 cm³/mol. The van der Waals surface area contributed by atoms with Crippen LogP contribution >= 0.6 is 11.8 Å². The lowest BCUT2D eigenvalue weighted by molar-refractivity contribution is -0.131. The van der Waals surface area contributed by atoms with Gasteiger partial charge in [0.05, 0.1) is 5.75 Å². The van der Waals surface area contributed by atoms with E-state index >= 15 is 0 Å². The molecule has 0 aromatic heterocycles. The number of hydrogen-bond acceptors (Lipinski definition) is 4. The molecule has 2 heterocycles. The monoisotopic (exact) mass is 476 g/mol. The van der Waals surface area contributed by atoms with Crippen LogP contribution in [0.5, 0.6) is 5.75 Å². The van der Waals surface area contributed by atoms with E-state index in [0.29, 0.717) is 12.4 Å². The molecule has 1 amide bonds. The van der Waals surface area contributed by atoms with Crippen LogP contribution in [0.4, 0.5) is 4.39 Å². The lowest BCUT2D eigenvalue weighted by Crippen LogP contribution is -2.46. The third kappa shape index (κ3) is 5.29. The second kappa shape index (κ2) is 10.6. The van der Waals surface area contributed by atoms with Crippen molar-refractivity contribution in [2.45, 2.75) is 37.4 Å². The van der Waals surface area contributed by atoms with Crippen molar-refractivity contribution >= 4 is 17.7 Å². The van der Waals surface area contributed by atoms with Crippen LogP contribution in [0.1, 0.15) is 34.9 Å². The summed E-state index contributed by atoms with van der Waals surface area (Å²) in [4.78, 5) is 17.5. The molecule has 3 aromatic carbocycles. The zero-order valence-corrected chi connectivity index (χ0v) is 19.9. The van der Waals surface area contributed by atoms with Gasteiger partial charge >= 0.3 is 0 Å². The Bertz CT molecular complexity index is 1100. The van der Waals surface area contributed by atoms with Crippen molar-refractivity contribution in [1.29, 1.82) is 0 Å². The van der Waals surface area contributed by atoms with Gasteiger partial charge in [-0.15, -0.1) is 11.8 Å². The molecule has 0 radical (unpaired) electrons. The molecule has 1 unspecified atom stereocenters. The van der Waals surface area contributed by atoms with Crippen LogP contribution in [0.2, 0.25) is 0 Å². The van der Waals surface area contributed by atoms with E-state index in [1.165, 1.54) is 17.7 Å². The average molecular weight is 477 g/mol. The number of carbonyl (C=O) groups is 1. The summed E-state index contributed by atoms with van der Waals surface area (Å²) in [6.07, 6.45) is 1.96. The first kappa shape index (κ1) is 22.9. The Kier molecular flexibility index (Phi) is 7.16. The molecule has 2 aliphatic heterocycles. The van der Waals surface area contributed by atoms with Crippen molar-refractivity contribution in [1.82, 2.24) is 9.80 Å². The van der Waals surface area contributed by atoms with Gasteiger partial charge in [-0.3, -0.25) is 9.69 Å².